The molecule has 0 saturated carbocycles. The average molecular weight is 265 g/mol. The number of para-hydroxylation sites is 1. The van der Waals surface area contributed by atoms with Crippen molar-refractivity contribution >= 4 is 34.5 Å². The van der Waals surface area contributed by atoms with Crippen LogP contribution in [0.2, 0.25) is 0 Å². The number of carbonyl (C=O) groups is 1. The second kappa shape index (κ2) is 5.01. The van der Waals surface area contributed by atoms with Crippen molar-refractivity contribution < 1.29 is 9.72 Å². The van der Waals surface area contributed by atoms with Crippen LogP contribution in [0.1, 0.15) is 10.4 Å². The lowest BCUT2D eigenvalue weighted by Crippen LogP contribution is -2.09. The highest BCUT2D eigenvalue weighted by molar-refractivity contribution is 6.28. The van der Waals surface area contributed by atoms with E-state index in [2.05, 4.69) is 0 Å². The summed E-state index contributed by atoms with van der Waals surface area (Å²) >= 11 is 5.53. The standard InChI is InChI=1S/C12H9ClN2O3/c13-7-12(16)14-8-9(5-6-15(17)18)10-3-1-2-4-11(10)14/h1-6,8H,7H2. The molecule has 0 amide bonds. The molecule has 0 radical (unpaired) electrons. The average Bonchev–Trinajstić information content (AvgIpc) is 2.74. The molecule has 0 saturated heterocycles. The Balaban J connectivity index is 2.61. The smallest absolute Gasteiger partial charge is 0.246 e. The molecule has 0 aliphatic carbocycles. The van der Waals surface area contributed by atoms with Crippen molar-refractivity contribution in [1.82, 2.24) is 4.57 Å². The Morgan fingerprint density at radius 3 is 2.83 bits per heavy atom. The van der Waals surface area contributed by atoms with Crippen LogP contribution in [0.15, 0.2) is 36.7 Å². The summed E-state index contributed by atoms with van der Waals surface area (Å²) in [6.45, 7) is 0. The fourth-order valence-corrected chi connectivity index (χ4v) is 1.88. The lowest BCUT2D eigenvalue weighted by atomic mass is 10.2. The minimum Gasteiger partial charge on any atom is -0.286 e. The second-order valence-electron chi connectivity index (χ2n) is 3.60. The number of hydrogen-bond acceptors (Lipinski definition) is 3. The van der Waals surface area contributed by atoms with Gasteiger partial charge in [-0.3, -0.25) is 19.5 Å². The zero-order valence-corrected chi connectivity index (χ0v) is 10.0. The minimum absolute atomic E-state index is 0.142. The molecule has 0 bridgehead atoms. The van der Waals surface area contributed by atoms with Crippen LogP contribution >= 0.6 is 11.6 Å². The van der Waals surface area contributed by atoms with Crippen LogP contribution in [0.5, 0.6) is 0 Å². The zero-order valence-electron chi connectivity index (χ0n) is 9.25. The van der Waals surface area contributed by atoms with Gasteiger partial charge in [-0.2, -0.15) is 0 Å². The number of benzene rings is 1. The first kappa shape index (κ1) is 12.3. The van der Waals surface area contributed by atoms with Gasteiger partial charge in [0, 0.05) is 23.2 Å². The van der Waals surface area contributed by atoms with E-state index in [1.54, 1.807) is 30.5 Å². The van der Waals surface area contributed by atoms with Crippen molar-refractivity contribution in [3.63, 3.8) is 0 Å². The van der Waals surface area contributed by atoms with Crippen LogP contribution < -0.4 is 0 Å². The molecule has 92 valence electrons. The molecule has 6 heteroatoms. The van der Waals surface area contributed by atoms with E-state index in [0.29, 0.717) is 11.1 Å². The fraction of sp³-hybridized carbons (Fsp3) is 0.0833. The first-order chi connectivity index (χ1) is 8.63. The van der Waals surface area contributed by atoms with Gasteiger partial charge in [0.15, 0.2) is 0 Å². The fourth-order valence-electron chi connectivity index (χ4n) is 1.75. The molecule has 0 N–H and O–H groups in total. The third-order valence-corrected chi connectivity index (χ3v) is 2.73. The molecule has 0 atom stereocenters. The van der Waals surface area contributed by atoms with Crippen molar-refractivity contribution in [2.24, 2.45) is 0 Å². The number of hydrogen-bond donors (Lipinski definition) is 0. The van der Waals surface area contributed by atoms with Gasteiger partial charge in [-0.05, 0) is 6.07 Å². The van der Waals surface area contributed by atoms with Crippen molar-refractivity contribution in [1.29, 1.82) is 0 Å². The lowest BCUT2D eigenvalue weighted by Gasteiger charge is -1.99. The van der Waals surface area contributed by atoms with Crippen LogP contribution in [0.3, 0.4) is 0 Å². The van der Waals surface area contributed by atoms with Gasteiger partial charge in [0.2, 0.25) is 12.1 Å². The lowest BCUT2D eigenvalue weighted by molar-refractivity contribution is -0.400. The molecule has 5 nitrogen and oxygen atoms in total. The summed E-state index contributed by atoms with van der Waals surface area (Å²) in [7, 11) is 0. The number of rotatable bonds is 3. The molecule has 18 heavy (non-hydrogen) atoms. The van der Waals surface area contributed by atoms with E-state index in [1.807, 2.05) is 0 Å². The summed E-state index contributed by atoms with van der Waals surface area (Å²) < 4.78 is 1.40. The largest absolute Gasteiger partial charge is 0.286 e. The van der Waals surface area contributed by atoms with Crippen molar-refractivity contribution in [2.75, 3.05) is 5.88 Å². The van der Waals surface area contributed by atoms with Gasteiger partial charge < -0.3 is 0 Å². The molecule has 0 aliphatic heterocycles. The van der Waals surface area contributed by atoms with Crippen LogP contribution in [-0.4, -0.2) is 21.3 Å². The van der Waals surface area contributed by atoms with Gasteiger partial charge in [0.1, 0.15) is 5.88 Å². The third kappa shape index (κ3) is 2.26. The molecule has 0 spiro atoms. The Morgan fingerprint density at radius 1 is 1.44 bits per heavy atom. The Hall–Kier alpha value is -2.14. The predicted octanol–water partition coefficient (Wildman–Crippen LogP) is 2.77. The van der Waals surface area contributed by atoms with Crippen LogP contribution in [-0.2, 0) is 0 Å². The molecular formula is C12H9ClN2O3. The number of aromatic nitrogens is 1. The van der Waals surface area contributed by atoms with E-state index in [9.17, 15) is 14.9 Å². The Kier molecular flexibility index (Phi) is 3.43. The quantitative estimate of drug-likeness (QED) is 0.486. The highest BCUT2D eigenvalue weighted by atomic mass is 35.5. The Morgan fingerprint density at radius 2 is 2.17 bits per heavy atom. The monoisotopic (exact) mass is 264 g/mol. The SMILES string of the molecule is O=C(CCl)n1cc(C=C[N+](=O)[O-])c2ccccc21. The third-order valence-electron chi connectivity index (χ3n) is 2.50. The number of alkyl halides is 1. The van der Waals surface area contributed by atoms with E-state index < -0.39 is 4.92 Å². The summed E-state index contributed by atoms with van der Waals surface area (Å²) in [5.41, 5.74) is 1.30. The number of nitrogens with zero attached hydrogens (tertiary/aromatic N) is 2. The van der Waals surface area contributed by atoms with E-state index in [0.717, 1.165) is 11.6 Å². The maximum atomic E-state index is 11.7. The van der Waals surface area contributed by atoms with Crippen molar-refractivity contribution in [3.05, 3.63) is 52.3 Å². The number of fused-ring (bicyclic) bond motifs is 1. The Labute approximate surface area is 107 Å². The predicted molar refractivity (Wildman–Crippen MR) is 69.3 cm³/mol. The molecule has 1 heterocycles. The highest BCUT2D eigenvalue weighted by Gasteiger charge is 2.11. The highest BCUT2D eigenvalue weighted by Crippen LogP contribution is 2.22. The van der Waals surface area contributed by atoms with Gasteiger partial charge in [0.05, 0.1) is 10.4 Å². The number of carbonyl (C=O) groups excluding carboxylic acids is 1. The van der Waals surface area contributed by atoms with Gasteiger partial charge in [-0.15, -0.1) is 11.6 Å². The number of nitro groups is 1. The minimum atomic E-state index is -0.546. The van der Waals surface area contributed by atoms with Crippen molar-refractivity contribution in [3.8, 4) is 0 Å². The van der Waals surface area contributed by atoms with E-state index in [4.69, 9.17) is 11.6 Å². The molecule has 1 aromatic heterocycles. The van der Waals surface area contributed by atoms with Gasteiger partial charge in [-0.25, -0.2) is 0 Å². The Bertz CT molecular complexity index is 646. The molecule has 2 rings (SSSR count). The zero-order chi connectivity index (χ0) is 13.1. The van der Waals surface area contributed by atoms with Crippen molar-refractivity contribution in [2.45, 2.75) is 0 Å². The maximum absolute atomic E-state index is 11.7. The van der Waals surface area contributed by atoms with E-state index in [1.165, 1.54) is 10.6 Å². The summed E-state index contributed by atoms with van der Waals surface area (Å²) in [5.74, 6) is -0.412. The number of halogens is 1. The first-order valence-corrected chi connectivity index (χ1v) is 5.68. The summed E-state index contributed by atoms with van der Waals surface area (Å²) in [6.07, 6.45) is 3.76. The van der Waals surface area contributed by atoms with Crippen LogP contribution in [0, 0.1) is 10.1 Å². The molecule has 2 aromatic rings. The second-order valence-corrected chi connectivity index (χ2v) is 3.87. The van der Waals surface area contributed by atoms with E-state index >= 15 is 0 Å². The van der Waals surface area contributed by atoms with Gasteiger partial charge >= 0.3 is 0 Å². The summed E-state index contributed by atoms with van der Waals surface area (Å²) in [6, 6.07) is 7.17. The van der Waals surface area contributed by atoms with Crippen LogP contribution in [0.25, 0.3) is 17.0 Å². The first-order valence-electron chi connectivity index (χ1n) is 5.14. The molecule has 0 aliphatic rings. The normalized spacial score (nSPS) is 11.2. The maximum Gasteiger partial charge on any atom is 0.246 e. The van der Waals surface area contributed by atoms with Gasteiger partial charge in [0.25, 0.3) is 0 Å². The molecule has 0 fully saturated rings. The van der Waals surface area contributed by atoms with Crippen LogP contribution in [0.4, 0.5) is 0 Å². The molecule has 0 unspecified atom stereocenters. The summed E-state index contributed by atoms with van der Waals surface area (Å²) in [5, 5.41) is 11.1. The topological polar surface area (TPSA) is 65.1 Å². The molecule has 1 aromatic carbocycles. The molecular weight excluding hydrogens is 256 g/mol. The van der Waals surface area contributed by atoms with Gasteiger partial charge in [-0.1, -0.05) is 18.2 Å². The summed E-state index contributed by atoms with van der Waals surface area (Å²) in [4.78, 5) is 21.4. The van der Waals surface area contributed by atoms with E-state index in [-0.39, 0.29) is 11.8 Å².